The van der Waals surface area contributed by atoms with Crippen LogP contribution in [0, 0.1) is 0 Å². The molecule has 25 heavy (non-hydrogen) atoms. The van der Waals surface area contributed by atoms with Crippen molar-refractivity contribution in [2.45, 2.75) is 17.8 Å². The SMILES string of the molecule is FC1(F)c2c(c3ccc(Br)nc3c3cc(Br)ncc23)C(F)(F)C1(F)F. The van der Waals surface area contributed by atoms with Crippen molar-refractivity contribution in [1.82, 2.24) is 9.97 Å². The smallest absolute Gasteiger partial charge is 0.249 e. The molecule has 1 aromatic carbocycles. The normalized spacial score (nSPS) is 20.2. The molecular weight excluding hydrogens is 482 g/mol. The topological polar surface area (TPSA) is 25.8 Å². The molecule has 0 atom stereocenters. The molecule has 2 aromatic heterocycles. The minimum absolute atomic E-state index is 0.0186. The van der Waals surface area contributed by atoms with E-state index in [9.17, 15) is 26.3 Å². The van der Waals surface area contributed by atoms with Crippen molar-refractivity contribution >= 4 is 53.5 Å². The van der Waals surface area contributed by atoms with Crippen LogP contribution < -0.4 is 0 Å². The van der Waals surface area contributed by atoms with Gasteiger partial charge in [-0.3, -0.25) is 0 Å². The minimum Gasteiger partial charge on any atom is -0.249 e. The van der Waals surface area contributed by atoms with Crippen LogP contribution in [0.15, 0.2) is 33.6 Å². The van der Waals surface area contributed by atoms with E-state index in [2.05, 4.69) is 41.8 Å². The van der Waals surface area contributed by atoms with Gasteiger partial charge in [-0.05, 0) is 50.1 Å². The summed E-state index contributed by atoms with van der Waals surface area (Å²) < 4.78 is 85.8. The highest BCUT2D eigenvalue weighted by molar-refractivity contribution is 9.10. The first-order valence-corrected chi connectivity index (χ1v) is 8.30. The number of aromatic nitrogens is 2. The molecule has 1 aliphatic rings. The van der Waals surface area contributed by atoms with Crippen LogP contribution in [0.1, 0.15) is 11.1 Å². The monoisotopic (exact) mass is 484 g/mol. The second-order valence-electron chi connectivity index (χ2n) is 5.56. The molecule has 0 saturated heterocycles. The van der Waals surface area contributed by atoms with Gasteiger partial charge >= 0.3 is 17.8 Å². The van der Waals surface area contributed by atoms with Crippen molar-refractivity contribution in [3.63, 3.8) is 0 Å². The van der Waals surface area contributed by atoms with E-state index in [1.807, 2.05) is 0 Å². The second-order valence-corrected chi connectivity index (χ2v) is 7.18. The van der Waals surface area contributed by atoms with E-state index in [4.69, 9.17) is 0 Å². The Morgan fingerprint density at radius 2 is 1.36 bits per heavy atom. The van der Waals surface area contributed by atoms with Gasteiger partial charge in [0.2, 0.25) is 0 Å². The van der Waals surface area contributed by atoms with Crippen LogP contribution >= 0.6 is 31.9 Å². The number of halogens is 8. The minimum atomic E-state index is -5.57. The van der Waals surface area contributed by atoms with E-state index >= 15 is 0 Å². The van der Waals surface area contributed by atoms with Crippen LogP contribution in [-0.4, -0.2) is 15.9 Å². The number of rotatable bonds is 0. The Labute approximate surface area is 152 Å². The first-order chi connectivity index (χ1) is 11.5. The number of hydrogen-bond acceptors (Lipinski definition) is 2. The van der Waals surface area contributed by atoms with Gasteiger partial charge in [0.1, 0.15) is 9.21 Å². The van der Waals surface area contributed by atoms with Crippen LogP contribution in [0.25, 0.3) is 21.7 Å². The Hall–Kier alpha value is -1.42. The van der Waals surface area contributed by atoms with Gasteiger partial charge in [0.25, 0.3) is 0 Å². The molecule has 130 valence electrons. The standard InChI is InChI=1S/C15H4Br2F6N2/c16-8-2-1-5-10-11(14(20,21)15(22,23)13(10,18)19)7-4-24-9(17)3-6(7)12(5)25-8/h1-4H. The lowest BCUT2D eigenvalue weighted by atomic mass is 9.95. The maximum absolute atomic E-state index is 14.3. The lowest BCUT2D eigenvalue weighted by Crippen LogP contribution is -2.43. The molecule has 1 aliphatic carbocycles. The van der Waals surface area contributed by atoms with Gasteiger partial charge in [0.05, 0.1) is 5.52 Å². The van der Waals surface area contributed by atoms with E-state index < -0.39 is 39.7 Å². The summed E-state index contributed by atoms with van der Waals surface area (Å²) in [6, 6.07) is 3.59. The van der Waals surface area contributed by atoms with Crippen LogP contribution in [0.4, 0.5) is 26.3 Å². The summed E-state index contributed by atoms with van der Waals surface area (Å²) in [6.07, 6.45) is 0.867. The van der Waals surface area contributed by atoms with Crippen molar-refractivity contribution in [3.05, 3.63) is 44.7 Å². The van der Waals surface area contributed by atoms with E-state index in [0.29, 0.717) is 0 Å². The molecule has 0 saturated carbocycles. The summed E-state index contributed by atoms with van der Waals surface area (Å²) in [7, 11) is 0. The summed E-state index contributed by atoms with van der Waals surface area (Å²) >= 11 is 6.12. The van der Waals surface area contributed by atoms with Crippen LogP contribution in [0.2, 0.25) is 0 Å². The zero-order valence-corrected chi connectivity index (χ0v) is 14.9. The highest BCUT2D eigenvalue weighted by atomic mass is 79.9. The number of fused-ring (bicyclic) bond motifs is 6. The third kappa shape index (κ3) is 1.92. The summed E-state index contributed by atoms with van der Waals surface area (Å²) in [4.78, 5) is 7.76. The number of hydrogen-bond donors (Lipinski definition) is 0. The lowest BCUT2D eigenvalue weighted by Gasteiger charge is -2.23. The molecule has 10 heteroatoms. The highest BCUT2D eigenvalue weighted by Crippen LogP contribution is 2.65. The molecule has 0 unspecified atom stereocenters. The van der Waals surface area contributed by atoms with Crippen LogP contribution in [0.5, 0.6) is 0 Å². The van der Waals surface area contributed by atoms with E-state index in [-0.39, 0.29) is 20.1 Å². The molecular formula is C15H4Br2F6N2. The van der Waals surface area contributed by atoms with Crippen molar-refractivity contribution in [3.8, 4) is 0 Å². The Kier molecular flexibility index (Phi) is 3.30. The van der Waals surface area contributed by atoms with Gasteiger partial charge < -0.3 is 0 Å². The first kappa shape index (κ1) is 17.0. The molecule has 0 aliphatic heterocycles. The molecule has 2 heterocycles. The third-order valence-electron chi connectivity index (χ3n) is 4.19. The Morgan fingerprint density at radius 1 is 0.760 bits per heavy atom. The molecule has 4 rings (SSSR count). The zero-order chi connectivity index (χ0) is 18.4. The number of benzene rings is 1. The van der Waals surface area contributed by atoms with Gasteiger partial charge in [-0.15, -0.1) is 0 Å². The Balaban J connectivity index is 2.36. The maximum atomic E-state index is 14.3. The molecule has 0 N–H and O–H groups in total. The van der Waals surface area contributed by atoms with Crippen molar-refractivity contribution < 1.29 is 26.3 Å². The average Bonchev–Trinajstić information content (AvgIpc) is 2.63. The fourth-order valence-electron chi connectivity index (χ4n) is 3.10. The van der Waals surface area contributed by atoms with Gasteiger partial charge in [0, 0.05) is 33.5 Å². The van der Waals surface area contributed by atoms with Gasteiger partial charge in [0.15, 0.2) is 0 Å². The van der Waals surface area contributed by atoms with E-state index in [1.165, 1.54) is 12.1 Å². The summed E-state index contributed by atoms with van der Waals surface area (Å²) in [5.41, 5.74) is -2.91. The molecule has 3 aromatic rings. The molecule has 2 nitrogen and oxygen atoms in total. The second kappa shape index (κ2) is 4.85. The molecule has 0 bridgehead atoms. The number of nitrogens with zero attached hydrogens (tertiary/aromatic N) is 2. The van der Waals surface area contributed by atoms with Gasteiger partial charge in [-0.25, -0.2) is 9.97 Å². The van der Waals surface area contributed by atoms with Crippen molar-refractivity contribution in [2.75, 3.05) is 0 Å². The Morgan fingerprint density at radius 3 is 2.00 bits per heavy atom. The third-order valence-corrected chi connectivity index (χ3v) is 5.07. The Bertz CT molecular complexity index is 984. The largest absolute Gasteiger partial charge is 0.380 e. The predicted octanol–water partition coefficient (Wildman–Crippen LogP) is 6.14. The summed E-state index contributed by atoms with van der Waals surface area (Å²) in [5.74, 6) is -15.7. The molecule has 0 spiro atoms. The fourth-order valence-corrected chi connectivity index (χ4v) is 3.74. The highest BCUT2D eigenvalue weighted by Gasteiger charge is 2.80. The quantitative estimate of drug-likeness (QED) is 0.217. The van der Waals surface area contributed by atoms with Crippen molar-refractivity contribution in [2.24, 2.45) is 0 Å². The van der Waals surface area contributed by atoms with Crippen molar-refractivity contribution in [1.29, 1.82) is 0 Å². The molecule has 0 amide bonds. The number of alkyl halides is 6. The van der Waals surface area contributed by atoms with E-state index in [1.54, 1.807) is 0 Å². The zero-order valence-electron chi connectivity index (χ0n) is 11.7. The first-order valence-electron chi connectivity index (χ1n) is 6.72. The fraction of sp³-hybridized carbons (Fsp3) is 0.200. The van der Waals surface area contributed by atoms with Crippen LogP contribution in [0.3, 0.4) is 0 Å². The molecule has 0 fully saturated rings. The number of pyridine rings is 2. The average molecular weight is 486 g/mol. The van der Waals surface area contributed by atoms with Gasteiger partial charge in [-0.2, -0.15) is 26.3 Å². The maximum Gasteiger partial charge on any atom is 0.380 e. The van der Waals surface area contributed by atoms with Crippen LogP contribution in [-0.2, 0) is 11.8 Å². The van der Waals surface area contributed by atoms with Gasteiger partial charge in [-0.1, -0.05) is 0 Å². The lowest BCUT2D eigenvalue weighted by molar-refractivity contribution is -0.301. The molecule has 0 radical (unpaired) electrons. The summed E-state index contributed by atoms with van der Waals surface area (Å²) in [6.45, 7) is 0. The predicted molar refractivity (Wildman–Crippen MR) is 85.2 cm³/mol. The summed E-state index contributed by atoms with van der Waals surface area (Å²) in [5, 5.41) is -0.922. The van der Waals surface area contributed by atoms with E-state index in [0.717, 1.165) is 12.3 Å².